The van der Waals surface area contributed by atoms with Crippen LogP contribution in [0, 0.1) is 13.8 Å². The molecule has 7 nitrogen and oxygen atoms in total. The lowest BCUT2D eigenvalue weighted by Crippen LogP contribution is -2.34. The zero-order valence-electron chi connectivity index (χ0n) is 18.0. The lowest BCUT2D eigenvalue weighted by Gasteiger charge is -2.15. The number of carbonyl (C=O) groups is 1. The molecule has 0 saturated heterocycles. The highest BCUT2D eigenvalue weighted by Crippen LogP contribution is 2.31. The van der Waals surface area contributed by atoms with E-state index in [2.05, 4.69) is 39.0 Å². The molecule has 4 rings (SSSR count). The highest BCUT2D eigenvalue weighted by Gasteiger charge is 2.16. The maximum absolute atomic E-state index is 13.0. The van der Waals surface area contributed by atoms with Crippen LogP contribution in [-0.4, -0.2) is 20.4 Å². The molecule has 0 atom stereocenters. The number of hydrazine groups is 1. The molecule has 2 aromatic heterocycles. The van der Waals surface area contributed by atoms with E-state index in [4.69, 9.17) is 0 Å². The van der Waals surface area contributed by atoms with E-state index in [1.54, 1.807) is 36.5 Å². The van der Waals surface area contributed by atoms with Crippen molar-refractivity contribution in [1.82, 2.24) is 20.0 Å². The Bertz CT molecular complexity index is 1370. The highest BCUT2D eigenvalue weighted by molar-refractivity contribution is 7.99. The number of hydrogen-bond donors (Lipinski definition) is 2. The lowest BCUT2D eigenvalue weighted by molar-refractivity contribution is 0.0958. The molecule has 0 unspecified atom stereocenters. The van der Waals surface area contributed by atoms with Crippen LogP contribution in [-0.2, 0) is 6.54 Å². The normalized spacial score (nSPS) is 10.8. The summed E-state index contributed by atoms with van der Waals surface area (Å²) < 4.78 is 1.48. The molecule has 0 aliphatic heterocycles. The first-order valence-electron chi connectivity index (χ1n) is 10.2. The molecule has 0 fully saturated rings. The average molecular weight is 446 g/mol. The molecule has 0 spiro atoms. The number of fused-ring (bicyclic) bond motifs is 1. The van der Waals surface area contributed by atoms with E-state index in [0.717, 1.165) is 16.0 Å². The predicted octanol–water partition coefficient (Wildman–Crippen LogP) is 4.34. The summed E-state index contributed by atoms with van der Waals surface area (Å²) in [6.07, 6.45) is 1.66. The fourth-order valence-electron chi connectivity index (χ4n) is 3.30. The number of aryl methyl sites for hydroxylation is 2. The van der Waals surface area contributed by atoms with E-state index >= 15 is 0 Å². The van der Waals surface area contributed by atoms with Crippen LogP contribution in [0.15, 0.2) is 75.5 Å². The summed E-state index contributed by atoms with van der Waals surface area (Å²) in [4.78, 5) is 35.7. The first-order chi connectivity index (χ1) is 15.5. The minimum Gasteiger partial charge on any atom is -0.277 e. The minimum absolute atomic E-state index is 0.164. The van der Waals surface area contributed by atoms with Gasteiger partial charge in [0, 0.05) is 17.6 Å². The zero-order valence-corrected chi connectivity index (χ0v) is 18.9. The van der Waals surface area contributed by atoms with Crippen molar-refractivity contribution in [2.24, 2.45) is 0 Å². The first-order valence-corrected chi connectivity index (χ1v) is 11.1. The summed E-state index contributed by atoms with van der Waals surface area (Å²) in [6, 6.07) is 16.8. The van der Waals surface area contributed by atoms with Crippen molar-refractivity contribution in [3.05, 3.63) is 87.8 Å². The number of pyridine rings is 1. The van der Waals surface area contributed by atoms with Crippen molar-refractivity contribution in [2.45, 2.75) is 37.2 Å². The Morgan fingerprint density at radius 2 is 1.91 bits per heavy atom. The van der Waals surface area contributed by atoms with Crippen LogP contribution in [0.4, 0.5) is 5.95 Å². The molecule has 4 aromatic rings. The van der Waals surface area contributed by atoms with Crippen molar-refractivity contribution in [1.29, 1.82) is 0 Å². The summed E-state index contributed by atoms with van der Waals surface area (Å²) >= 11 is 1.45. The monoisotopic (exact) mass is 445 g/mol. The maximum Gasteiger partial charge on any atom is 0.272 e. The largest absolute Gasteiger partial charge is 0.277 e. The van der Waals surface area contributed by atoms with Crippen molar-refractivity contribution in [3.63, 3.8) is 0 Å². The molecule has 2 aromatic carbocycles. The fourth-order valence-corrected chi connectivity index (χ4v) is 4.37. The van der Waals surface area contributed by atoms with Crippen LogP contribution in [0.3, 0.4) is 0 Å². The number of aromatic nitrogens is 3. The number of hydrogen-bond acceptors (Lipinski definition) is 6. The van der Waals surface area contributed by atoms with E-state index in [1.165, 1.54) is 16.3 Å². The summed E-state index contributed by atoms with van der Waals surface area (Å²) in [5.41, 5.74) is 8.57. The molecule has 0 aliphatic rings. The third-order valence-corrected chi connectivity index (χ3v) is 6.21. The molecule has 0 radical (unpaired) electrons. The van der Waals surface area contributed by atoms with Crippen molar-refractivity contribution >= 4 is 34.5 Å². The first kappa shape index (κ1) is 21.6. The number of rotatable bonds is 6. The maximum atomic E-state index is 13.0. The second kappa shape index (κ2) is 9.23. The van der Waals surface area contributed by atoms with E-state index < -0.39 is 0 Å². The molecule has 0 aliphatic carbocycles. The second-order valence-electron chi connectivity index (χ2n) is 7.31. The van der Waals surface area contributed by atoms with Gasteiger partial charge in [0.15, 0.2) is 0 Å². The molecule has 2 N–H and O–H groups in total. The number of carbonyl (C=O) groups excluding carboxylic acids is 1. The van der Waals surface area contributed by atoms with Crippen LogP contribution in [0.2, 0.25) is 0 Å². The standard InChI is InChI=1S/C24H23N5O2S/c1-4-29-23(31)17-8-5-6-10-19(17)26-24(29)28-27-21(30)18-9-7-13-25-22(18)32-20-14-15(2)11-12-16(20)3/h5-14H,4H2,1-3H3,(H,26,28)(H,27,30). The molecule has 0 saturated carbocycles. The molecule has 8 heteroatoms. The van der Waals surface area contributed by atoms with Crippen LogP contribution in [0.1, 0.15) is 28.4 Å². The van der Waals surface area contributed by atoms with Crippen LogP contribution >= 0.6 is 11.8 Å². The Morgan fingerprint density at radius 1 is 1.09 bits per heavy atom. The number of anilines is 1. The Morgan fingerprint density at radius 3 is 2.72 bits per heavy atom. The molecule has 0 bridgehead atoms. The van der Waals surface area contributed by atoms with Gasteiger partial charge in [0.05, 0.1) is 16.5 Å². The molecular formula is C24H23N5O2S. The smallest absolute Gasteiger partial charge is 0.272 e. The van der Waals surface area contributed by atoms with Gasteiger partial charge in [-0.2, -0.15) is 0 Å². The van der Waals surface area contributed by atoms with Crippen LogP contribution < -0.4 is 16.4 Å². The Kier molecular flexibility index (Phi) is 6.23. The number of benzene rings is 2. The average Bonchev–Trinajstić information content (AvgIpc) is 2.80. The summed E-state index contributed by atoms with van der Waals surface area (Å²) in [6.45, 7) is 6.32. The van der Waals surface area contributed by atoms with Crippen molar-refractivity contribution in [3.8, 4) is 0 Å². The molecular weight excluding hydrogens is 422 g/mol. The lowest BCUT2D eigenvalue weighted by atomic mass is 10.2. The Balaban J connectivity index is 1.60. The van der Waals surface area contributed by atoms with E-state index in [1.807, 2.05) is 26.8 Å². The van der Waals surface area contributed by atoms with Gasteiger partial charge in [0.2, 0.25) is 5.95 Å². The molecule has 32 heavy (non-hydrogen) atoms. The molecule has 1 amide bonds. The third-order valence-electron chi connectivity index (χ3n) is 5.03. The fraction of sp³-hybridized carbons (Fsp3) is 0.167. The predicted molar refractivity (Wildman–Crippen MR) is 127 cm³/mol. The van der Waals surface area contributed by atoms with E-state index in [-0.39, 0.29) is 17.4 Å². The van der Waals surface area contributed by atoms with Gasteiger partial charge in [-0.05, 0) is 62.2 Å². The van der Waals surface area contributed by atoms with Gasteiger partial charge in [-0.15, -0.1) is 0 Å². The number of amides is 1. The minimum atomic E-state index is -0.365. The van der Waals surface area contributed by atoms with Crippen molar-refractivity contribution in [2.75, 3.05) is 5.43 Å². The van der Waals surface area contributed by atoms with E-state index in [9.17, 15) is 9.59 Å². The van der Waals surface area contributed by atoms with Gasteiger partial charge in [-0.3, -0.25) is 25.0 Å². The number of nitrogens with one attached hydrogen (secondary N) is 2. The second-order valence-corrected chi connectivity index (χ2v) is 8.34. The van der Waals surface area contributed by atoms with Gasteiger partial charge in [-0.1, -0.05) is 36.0 Å². The molecule has 162 valence electrons. The Hall–Kier alpha value is -3.65. The number of nitrogens with zero attached hydrogens (tertiary/aromatic N) is 3. The zero-order chi connectivity index (χ0) is 22.7. The topological polar surface area (TPSA) is 88.9 Å². The highest BCUT2D eigenvalue weighted by atomic mass is 32.2. The van der Waals surface area contributed by atoms with Gasteiger partial charge in [0.25, 0.3) is 11.5 Å². The summed E-state index contributed by atoms with van der Waals surface area (Å²) in [5, 5.41) is 1.13. The van der Waals surface area contributed by atoms with Gasteiger partial charge >= 0.3 is 0 Å². The van der Waals surface area contributed by atoms with Gasteiger partial charge in [0.1, 0.15) is 5.03 Å². The quantitative estimate of drug-likeness (QED) is 0.429. The third kappa shape index (κ3) is 4.36. The SMILES string of the molecule is CCn1c(NNC(=O)c2cccnc2Sc2cc(C)ccc2C)nc2ccccc2c1=O. The summed E-state index contributed by atoms with van der Waals surface area (Å²) in [7, 11) is 0. The Labute approximate surface area is 189 Å². The van der Waals surface area contributed by atoms with Gasteiger partial charge in [-0.25, -0.2) is 9.97 Å². The van der Waals surface area contributed by atoms with Crippen molar-refractivity contribution < 1.29 is 4.79 Å². The van der Waals surface area contributed by atoms with E-state index in [0.29, 0.717) is 28.0 Å². The number of para-hydroxylation sites is 1. The molecule has 2 heterocycles. The van der Waals surface area contributed by atoms with Gasteiger partial charge < -0.3 is 0 Å². The van der Waals surface area contributed by atoms with Crippen LogP contribution in [0.5, 0.6) is 0 Å². The van der Waals surface area contributed by atoms with Crippen LogP contribution in [0.25, 0.3) is 10.9 Å². The summed E-state index contributed by atoms with van der Waals surface area (Å²) in [5.74, 6) is -0.0897.